The van der Waals surface area contributed by atoms with Gasteiger partial charge in [-0.2, -0.15) is 0 Å². The molecule has 3 aromatic rings. The minimum absolute atomic E-state index is 0.174. The molecule has 0 atom stereocenters. The first-order valence-electron chi connectivity index (χ1n) is 11.7. The summed E-state index contributed by atoms with van der Waals surface area (Å²) in [4.78, 5) is 13.6. The Morgan fingerprint density at radius 3 is 2.20 bits per heavy atom. The molecule has 0 unspecified atom stereocenters. The van der Waals surface area contributed by atoms with E-state index in [1.807, 2.05) is 18.2 Å². The molecule has 0 aliphatic heterocycles. The summed E-state index contributed by atoms with van der Waals surface area (Å²) in [5.74, 6) is 0. The van der Waals surface area contributed by atoms with Gasteiger partial charge in [-0.25, -0.2) is 13.4 Å². The van der Waals surface area contributed by atoms with Crippen molar-refractivity contribution in [2.45, 2.75) is 56.8 Å². The zero-order chi connectivity index (χ0) is 25.7. The summed E-state index contributed by atoms with van der Waals surface area (Å²) in [6.07, 6.45) is 5.35. The summed E-state index contributed by atoms with van der Waals surface area (Å²) in [6.45, 7) is 12.9. The smallest absolute Gasteiger partial charge is 0.191 e. The van der Waals surface area contributed by atoms with Gasteiger partial charge in [0, 0.05) is 31.9 Å². The second-order valence-electron chi connectivity index (χ2n) is 10.1. The van der Waals surface area contributed by atoms with Crippen LogP contribution < -0.4 is 0 Å². The summed E-state index contributed by atoms with van der Waals surface area (Å²) in [5.41, 5.74) is 3.06. The first-order valence-corrected chi connectivity index (χ1v) is 16.5. The number of pyridine rings is 3. The van der Waals surface area contributed by atoms with Crippen LogP contribution in [0.4, 0.5) is 0 Å². The molecule has 0 aliphatic rings. The third-order valence-corrected chi connectivity index (χ3v) is 11.8. The highest BCUT2D eigenvalue weighted by atomic mass is 32.2. The molecular formula is C26H35N3O4SSi. The van der Waals surface area contributed by atoms with Gasteiger partial charge >= 0.3 is 0 Å². The van der Waals surface area contributed by atoms with E-state index in [4.69, 9.17) is 9.16 Å². The standard InChI is InChI=1S/C26H35N3O4SSi/c1-26(2,3)35(5,6)33-15-9-14-32-19-20-11-13-28-23(16-20)25-18-21(34(4,30)31)17-24(29-25)22-10-7-8-12-27-22/h7-8,10-13,16-18H,9,14-15,19H2,1-6H3. The highest BCUT2D eigenvalue weighted by molar-refractivity contribution is 7.90. The molecule has 3 rings (SSSR count). The van der Waals surface area contributed by atoms with Gasteiger partial charge in [0.05, 0.1) is 34.3 Å². The van der Waals surface area contributed by atoms with E-state index in [1.54, 1.807) is 36.7 Å². The van der Waals surface area contributed by atoms with Gasteiger partial charge < -0.3 is 9.16 Å². The van der Waals surface area contributed by atoms with E-state index in [9.17, 15) is 8.42 Å². The Balaban J connectivity index is 1.70. The molecule has 0 fully saturated rings. The number of hydrogen-bond acceptors (Lipinski definition) is 7. The highest BCUT2D eigenvalue weighted by Gasteiger charge is 2.36. The second kappa shape index (κ2) is 11.1. The lowest BCUT2D eigenvalue weighted by Gasteiger charge is -2.36. The SMILES string of the molecule is CC(C)(C)[Si](C)(C)OCCCOCc1ccnc(-c2cc(S(C)(=O)=O)cc(-c3ccccn3)n2)c1. The van der Waals surface area contributed by atoms with Crippen LogP contribution >= 0.6 is 0 Å². The Hall–Kier alpha value is -2.46. The molecule has 0 saturated carbocycles. The van der Waals surface area contributed by atoms with Gasteiger partial charge in [-0.1, -0.05) is 26.8 Å². The van der Waals surface area contributed by atoms with Crippen LogP contribution in [0.1, 0.15) is 32.8 Å². The van der Waals surface area contributed by atoms with Crippen molar-refractivity contribution in [3.8, 4) is 22.8 Å². The van der Waals surface area contributed by atoms with Crippen LogP contribution in [0.3, 0.4) is 0 Å². The third kappa shape index (κ3) is 7.51. The average molecular weight is 514 g/mol. The van der Waals surface area contributed by atoms with Gasteiger partial charge in [-0.15, -0.1) is 0 Å². The average Bonchev–Trinajstić information content (AvgIpc) is 2.80. The quantitative estimate of drug-likeness (QED) is 0.260. The minimum atomic E-state index is -3.45. The number of sulfone groups is 1. The first-order chi connectivity index (χ1) is 16.4. The van der Waals surface area contributed by atoms with Crippen molar-refractivity contribution >= 4 is 18.2 Å². The minimum Gasteiger partial charge on any atom is -0.417 e. The molecule has 0 spiro atoms. The Kier molecular flexibility index (Phi) is 8.58. The normalized spacial score (nSPS) is 12.6. The molecule has 0 aliphatic carbocycles. The second-order valence-corrected chi connectivity index (χ2v) is 16.9. The lowest BCUT2D eigenvalue weighted by molar-refractivity contribution is 0.105. The molecule has 188 valence electrons. The van der Waals surface area contributed by atoms with Crippen molar-refractivity contribution in [1.82, 2.24) is 15.0 Å². The van der Waals surface area contributed by atoms with E-state index in [0.717, 1.165) is 12.0 Å². The fourth-order valence-electron chi connectivity index (χ4n) is 3.10. The number of hydrogen-bond donors (Lipinski definition) is 0. The van der Waals surface area contributed by atoms with Crippen LogP contribution in [0.5, 0.6) is 0 Å². The molecule has 0 saturated heterocycles. The lowest BCUT2D eigenvalue weighted by atomic mass is 10.1. The molecule has 0 radical (unpaired) electrons. The van der Waals surface area contributed by atoms with Crippen LogP contribution in [-0.4, -0.2) is 51.2 Å². The molecule has 0 bridgehead atoms. The monoisotopic (exact) mass is 513 g/mol. The largest absolute Gasteiger partial charge is 0.417 e. The van der Waals surface area contributed by atoms with E-state index in [0.29, 0.717) is 42.6 Å². The van der Waals surface area contributed by atoms with Crippen LogP contribution in [0.15, 0.2) is 59.8 Å². The van der Waals surface area contributed by atoms with Gasteiger partial charge in [0.15, 0.2) is 18.2 Å². The van der Waals surface area contributed by atoms with Crippen molar-refractivity contribution in [3.05, 3.63) is 60.4 Å². The van der Waals surface area contributed by atoms with E-state index in [2.05, 4.69) is 48.8 Å². The van der Waals surface area contributed by atoms with E-state index < -0.39 is 18.2 Å². The maximum Gasteiger partial charge on any atom is 0.191 e. The van der Waals surface area contributed by atoms with E-state index in [-0.39, 0.29) is 9.93 Å². The molecule has 3 heterocycles. The van der Waals surface area contributed by atoms with Crippen molar-refractivity contribution in [2.75, 3.05) is 19.5 Å². The predicted molar refractivity (Wildman–Crippen MR) is 141 cm³/mol. The summed E-state index contributed by atoms with van der Waals surface area (Å²) in [5, 5.41) is 0.195. The fraction of sp³-hybridized carbons (Fsp3) is 0.423. The van der Waals surface area contributed by atoms with Crippen LogP contribution in [0, 0.1) is 0 Å². The Morgan fingerprint density at radius 2 is 1.57 bits per heavy atom. The van der Waals surface area contributed by atoms with Crippen LogP contribution in [-0.2, 0) is 25.6 Å². The van der Waals surface area contributed by atoms with E-state index in [1.165, 1.54) is 6.26 Å². The summed E-state index contributed by atoms with van der Waals surface area (Å²) >= 11 is 0. The molecule has 7 nitrogen and oxygen atoms in total. The predicted octanol–water partition coefficient (Wildman–Crippen LogP) is 5.54. The molecule has 35 heavy (non-hydrogen) atoms. The maximum atomic E-state index is 12.3. The lowest BCUT2D eigenvalue weighted by Crippen LogP contribution is -2.41. The number of ether oxygens (including phenoxy) is 1. The molecule has 0 N–H and O–H groups in total. The number of nitrogens with zero attached hydrogens (tertiary/aromatic N) is 3. The van der Waals surface area contributed by atoms with E-state index >= 15 is 0 Å². The van der Waals surface area contributed by atoms with Gasteiger partial charge in [0.25, 0.3) is 0 Å². The summed E-state index contributed by atoms with van der Waals surface area (Å²) < 4.78 is 36.7. The summed E-state index contributed by atoms with van der Waals surface area (Å²) in [6, 6.07) is 12.3. The van der Waals surface area contributed by atoms with Crippen molar-refractivity contribution in [3.63, 3.8) is 0 Å². The fourth-order valence-corrected chi connectivity index (χ4v) is 4.83. The van der Waals surface area contributed by atoms with Crippen molar-refractivity contribution in [2.24, 2.45) is 0 Å². The number of rotatable bonds is 10. The van der Waals surface area contributed by atoms with Gasteiger partial charge in [0.2, 0.25) is 0 Å². The number of aromatic nitrogens is 3. The van der Waals surface area contributed by atoms with Crippen molar-refractivity contribution < 1.29 is 17.6 Å². The highest BCUT2D eigenvalue weighted by Crippen LogP contribution is 2.36. The maximum absolute atomic E-state index is 12.3. The first kappa shape index (κ1) is 27.1. The molecule has 0 aromatic carbocycles. The Bertz CT molecular complexity index is 1240. The molecular weight excluding hydrogens is 478 g/mol. The molecule has 3 aromatic heterocycles. The molecule has 0 amide bonds. The Labute approximate surface area is 210 Å². The zero-order valence-corrected chi connectivity index (χ0v) is 23.2. The van der Waals surface area contributed by atoms with Gasteiger partial charge in [-0.3, -0.25) is 9.97 Å². The molecule has 9 heteroatoms. The Morgan fingerprint density at radius 1 is 0.886 bits per heavy atom. The zero-order valence-electron chi connectivity index (χ0n) is 21.4. The van der Waals surface area contributed by atoms with Gasteiger partial charge in [-0.05, 0) is 66.5 Å². The topological polar surface area (TPSA) is 91.3 Å². The van der Waals surface area contributed by atoms with Crippen molar-refractivity contribution in [1.29, 1.82) is 0 Å². The van der Waals surface area contributed by atoms with Crippen LogP contribution in [0.2, 0.25) is 18.1 Å². The van der Waals surface area contributed by atoms with Crippen LogP contribution in [0.25, 0.3) is 22.8 Å². The third-order valence-electron chi connectivity index (χ3n) is 6.21. The summed E-state index contributed by atoms with van der Waals surface area (Å²) in [7, 11) is -5.19. The van der Waals surface area contributed by atoms with Gasteiger partial charge in [0.1, 0.15) is 0 Å².